The summed E-state index contributed by atoms with van der Waals surface area (Å²) in [4.78, 5) is 23.5. The van der Waals surface area contributed by atoms with E-state index < -0.39 is 52.2 Å². The minimum Gasteiger partial charge on any atom is -0.475 e. The fraction of sp³-hybridized carbons (Fsp3) is 0.769. The van der Waals surface area contributed by atoms with Gasteiger partial charge in [-0.05, 0) is 34.1 Å². The first kappa shape index (κ1) is 35.9. The maximum absolute atomic E-state index is 13.6. The van der Waals surface area contributed by atoms with E-state index in [1.807, 2.05) is 7.05 Å². The molecule has 0 amide bonds. The van der Waals surface area contributed by atoms with Crippen LogP contribution in [0.3, 0.4) is 0 Å². The van der Waals surface area contributed by atoms with E-state index in [1.165, 1.54) is 0 Å². The maximum Gasteiger partial charge on any atom is 0.510 e. The van der Waals surface area contributed by atoms with Crippen LogP contribution >= 0.6 is 19.6 Å². The van der Waals surface area contributed by atoms with Crippen molar-refractivity contribution in [1.29, 1.82) is 0 Å². The summed E-state index contributed by atoms with van der Waals surface area (Å²) in [6.45, 7) is 10.5. The highest BCUT2D eigenvalue weighted by molar-refractivity contribution is 7.48. The molecule has 1 aromatic rings. The lowest BCUT2D eigenvalue weighted by Crippen LogP contribution is -2.54. The largest absolute Gasteiger partial charge is 0.510 e. The summed E-state index contributed by atoms with van der Waals surface area (Å²) in [6, 6.07) is 0. The Labute approximate surface area is 252 Å². The van der Waals surface area contributed by atoms with Crippen molar-refractivity contribution in [2.24, 2.45) is 0 Å². The summed E-state index contributed by atoms with van der Waals surface area (Å²) in [7, 11) is -2.50. The average Bonchev–Trinajstić information content (AvgIpc) is 3.36. The molecule has 1 aromatic heterocycles. The van der Waals surface area contributed by atoms with Crippen molar-refractivity contribution in [3.63, 3.8) is 0 Å². The zero-order chi connectivity index (χ0) is 31.2. The predicted octanol–water partition coefficient (Wildman–Crippen LogP) is 6.27. The summed E-state index contributed by atoms with van der Waals surface area (Å²) in [5.41, 5.74) is 1.60. The SMILES string of the molecule is CCCCCCOc1nsnc1C1=CCC[N+](C)([C@H](C)OP(=O)(OCOC(=O)OC(C)C)OCOC(=O)OC(C)C)C1. The fourth-order valence-electron chi connectivity index (χ4n) is 3.85. The minimum absolute atomic E-state index is 0.280. The third-order valence-electron chi connectivity index (χ3n) is 6.16. The molecule has 42 heavy (non-hydrogen) atoms. The molecule has 2 rings (SSSR count). The van der Waals surface area contributed by atoms with E-state index in [9.17, 15) is 14.2 Å². The maximum atomic E-state index is 13.6. The quantitative estimate of drug-likeness (QED) is 0.0584. The smallest absolute Gasteiger partial charge is 0.475 e. The lowest BCUT2D eigenvalue weighted by atomic mass is 10.0. The first-order valence-corrected chi connectivity index (χ1v) is 16.3. The first-order valence-electron chi connectivity index (χ1n) is 14.1. The number of nitrogens with zero attached hydrogens (tertiary/aromatic N) is 3. The lowest BCUT2D eigenvalue weighted by Gasteiger charge is -2.42. The number of hydrogen-bond acceptors (Lipinski definition) is 14. The Hall–Kier alpha value is -2.29. The fourth-order valence-corrected chi connectivity index (χ4v) is 5.54. The molecule has 1 aliphatic rings. The zero-order valence-corrected chi connectivity index (χ0v) is 27.3. The van der Waals surface area contributed by atoms with E-state index in [0.29, 0.717) is 37.7 Å². The van der Waals surface area contributed by atoms with Crippen molar-refractivity contribution < 1.29 is 55.9 Å². The molecule has 16 heteroatoms. The standard InChI is InChI=1S/C26H45N3O11PS/c1-8-9-10-11-15-33-24-23(27-42-28-24)22-13-12-14-29(7,16-22)21(6)40-41(32,36-17-34-25(30)38-19(2)3)37-18-35-26(31)39-20(4)5/h13,19-21H,8-12,14-18H2,1-7H3/q+1/t21-,29?/m0/s1. The van der Waals surface area contributed by atoms with E-state index in [-0.39, 0.29) is 4.48 Å². The van der Waals surface area contributed by atoms with Gasteiger partial charge in [0.05, 0.1) is 44.1 Å². The van der Waals surface area contributed by atoms with E-state index in [2.05, 4.69) is 21.7 Å². The highest BCUT2D eigenvalue weighted by atomic mass is 32.1. The Kier molecular flexibility index (Phi) is 15.2. The van der Waals surface area contributed by atoms with Crippen LogP contribution in [0, 0.1) is 0 Å². The lowest BCUT2D eigenvalue weighted by molar-refractivity contribution is -0.943. The number of unbranched alkanes of at least 4 members (excludes halogenated alkanes) is 3. The van der Waals surface area contributed by atoms with Gasteiger partial charge >= 0.3 is 20.1 Å². The van der Waals surface area contributed by atoms with Crippen molar-refractivity contribution in [3.05, 3.63) is 11.8 Å². The summed E-state index contributed by atoms with van der Waals surface area (Å²) in [6.07, 6.45) is 3.47. The van der Waals surface area contributed by atoms with Gasteiger partial charge in [-0.15, -0.1) is 4.37 Å². The molecule has 0 aliphatic carbocycles. The number of likely N-dealkylation sites (N-methyl/N-ethyl adjacent to an activating group) is 1. The molecule has 2 heterocycles. The van der Waals surface area contributed by atoms with Crippen molar-refractivity contribution in [2.75, 3.05) is 40.3 Å². The minimum atomic E-state index is -4.43. The molecule has 0 saturated carbocycles. The van der Waals surface area contributed by atoms with Crippen molar-refractivity contribution in [3.8, 4) is 5.88 Å². The van der Waals surface area contributed by atoms with Crippen LogP contribution in [0.5, 0.6) is 5.88 Å². The number of phosphoric acid groups is 1. The Morgan fingerprint density at radius 1 is 0.976 bits per heavy atom. The number of phosphoric ester groups is 1. The van der Waals surface area contributed by atoms with Gasteiger partial charge in [0.25, 0.3) is 5.88 Å². The molecule has 1 aliphatic heterocycles. The van der Waals surface area contributed by atoms with Crippen molar-refractivity contribution in [2.45, 2.75) is 92.1 Å². The molecule has 2 atom stereocenters. The van der Waals surface area contributed by atoms with Crippen molar-refractivity contribution >= 4 is 37.4 Å². The van der Waals surface area contributed by atoms with Crippen LogP contribution in [0.2, 0.25) is 0 Å². The van der Waals surface area contributed by atoms with Crippen molar-refractivity contribution in [1.82, 2.24) is 8.75 Å². The molecule has 240 valence electrons. The van der Waals surface area contributed by atoms with Gasteiger partial charge in [0.1, 0.15) is 12.2 Å². The Morgan fingerprint density at radius 3 is 2.17 bits per heavy atom. The van der Waals surface area contributed by atoms with Gasteiger partial charge in [-0.2, -0.15) is 4.37 Å². The molecular formula is C26H45N3O11PS+. The van der Waals surface area contributed by atoms with Crippen LogP contribution in [0.25, 0.3) is 5.57 Å². The monoisotopic (exact) mass is 638 g/mol. The van der Waals surface area contributed by atoms with Gasteiger partial charge < -0.3 is 23.7 Å². The van der Waals surface area contributed by atoms with E-state index in [4.69, 9.17) is 37.3 Å². The van der Waals surface area contributed by atoms with Crippen LogP contribution in [-0.4, -0.2) is 84.3 Å². The molecule has 0 radical (unpaired) electrons. The number of hydrogen-bond donors (Lipinski definition) is 0. The summed E-state index contributed by atoms with van der Waals surface area (Å²) in [5.74, 6) is 0.498. The molecule has 0 saturated heterocycles. The Bertz CT molecular complexity index is 1040. The first-order chi connectivity index (χ1) is 19.9. The summed E-state index contributed by atoms with van der Waals surface area (Å²) < 4.78 is 64.3. The molecule has 0 fully saturated rings. The van der Waals surface area contributed by atoms with E-state index in [1.54, 1.807) is 34.6 Å². The second-order valence-electron chi connectivity index (χ2n) is 10.5. The zero-order valence-electron chi connectivity index (χ0n) is 25.6. The molecule has 1 unspecified atom stereocenters. The normalized spacial score (nSPS) is 18.0. The summed E-state index contributed by atoms with van der Waals surface area (Å²) in [5, 5.41) is 0. The molecular weight excluding hydrogens is 593 g/mol. The Morgan fingerprint density at radius 2 is 1.60 bits per heavy atom. The Balaban J connectivity index is 2.08. The van der Waals surface area contributed by atoms with E-state index in [0.717, 1.165) is 43.0 Å². The number of carbonyl (C=O) groups is 2. The van der Waals surface area contributed by atoms with Gasteiger partial charge in [-0.1, -0.05) is 32.3 Å². The van der Waals surface area contributed by atoms with E-state index >= 15 is 0 Å². The topological polar surface area (TPSA) is 151 Å². The van der Waals surface area contributed by atoms with Gasteiger partial charge in [0, 0.05) is 18.9 Å². The third-order valence-corrected chi connectivity index (χ3v) is 8.08. The molecule has 14 nitrogen and oxygen atoms in total. The van der Waals surface area contributed by atoms with Gasteiger partial charge in [-0.25, -0.2) is 27.7 Å². The van der Waals surface area contributed by atoms with Crippen LogP contribution in [0.4, 0.5) is 9.59 Å². The number of rotatable bonds is 18. The van der Waals surface area contributed by atoms with Crippen LogP contribution in [0.15, 0.2) is 6.08 Å². The van der Waals surface area contributed by atoms with Crippen LogP contribution < -0.4 is 4.74 Å². The summed E-state index contributed by atoms with van der Waals surface area (Å²) >= 11 is 1.08. The average molecular weight is 639 g/mol. The van der Waals surface area contributed by atoms with Crippen LogP contribution in [0.1, 0.15) is 79.3 Å². The number of carbonyl (C=O) groups excluding carboxylic acids is 2. The number of quaternary nitrogens is 1. The molecule has 0 bridgehead atoms. The number of aromatic nitrogens is 2. The van der Waals surface area contributed by atoms with Gasteiger partial charge in [-0.3, -0.25) is 4.48 Å². The molecule has 0 aromatic carbocycles. The predicted molar refractivity (Wildman–Crippen MR) is 154 cm³/mol. The second-order valence-corrected chi connectivity index (χ2v) is 12.6. The second kappa shape index (κ2) is 17.7. The molecule has 0 spiro atoms. The highest BCUT2D eigenvalue weighted by Gasteiger charge is 2.41. The van der Waals surface area contributed by atoms with Gasteiger partial charge in [0.2, 0.25) is 19.8 Å². The van der Waals surface area contributed by atoms with Crippen LogP contribution in [-0.2, 0) is 37.1 Å². The van der Waals surface area contributed by atoms with Gasteiger partial charge in [0.15, 0.2) is 0 Å². The highest BCUT2D eigenvalue weighted by Crippen LogP contribution is 2.52. The molecule has 0 N–H and O–H groups in total. The number of ether oxygens (including phenoxy) is 5. The third kappa shape index (κ3) is 12.5.